The van der Waals surface area contributed by atoms with E-state index in [9.17, 15) is 9.59 Å². The van der Waals surface area contributed by atoms with E-state index in [0.29, 0.717) is 32.8 Å². The summed E-state index contributed by atoms with van der Waals surface area (Å²) in [5.74, 6) is 0.850. The Kier molecular flexibility index (Phi) is 7.14. The Morgan fingerprint density at radius 2 is 1.77 bits per heavy atom. The number of nitrogens with zero attached hydrogens (tertiary/aromatic N) is 4. The van der Waals surface area contributed by atoms with E-state index in [4.69, 9.17) is 9.47 Å². The maximum Gasteiger partial charge on any atom is 0.326 e. The zero-order valence-electron chi connectivity index (χ0n) is 23.5. The molecule has 9 heteroatoms. The van der Waals surface area contributed by atoms with Crippen LogP contribution in [0.15, 0.2) is 53.3 Å². The maximum absolute atomic E-state index is 14.2. The van der Waals surface area contributed by atoms with Gasteiger partial charge in [0.2, 0.25) is 0 Å². The maximum atomic E-state index is 14.2. The smallest absolute Gasteiger partial charge is 0.326 e. The minimum Gasteiger partial charge on any atom is -0.497 e. The van der Waals surface area contributed by atoms with Crippen LogP contribution in [0, 0.1) is 13.8 Å². The molecule has 0 spiro atoms. The van der Waals surface area contributed by atoms with Gasteiger partial charge in [-0.15, -0.1) is 0 Å². The number of likely N-dealkylation sites (tertiary alicyclic amines) is 1. The van der Waals surface area contributed by atoms with Crippen molar-refractivity contribution in [1.29, 1.82) is 0 Å². The number of fused-ring (bicyclic) bond motifs is 1. The van der Waals surface area contributed by atoms with Crippen LogP contribution in [0.2, 0.25) is 0 Å². The van der Waals surface area contributed by atoms with Crippen LogP contribution in [0.4, 0.5) is 5.69 Å². The molecule has 2 saturated heterocycles. The minimum absolute atomic E-state index is 0.0488. The summed E-state index contributed by atoms with van der Waals surface area (Å²) < 4.78 is 15.1. The first-order chi connectivity index (χ1) is 19.5. The monoisotopic (exact) mass is 543 g/mol. The molecule has 2 fully saturated rings. The molecule has 2 aliphatic heterocycles. The third kappa shape index (κ3) is 4.68. The van der Waals surface area contributed by atoms with Gasteiger partial charge in [0.25, 0.3) is 5.91 Å². The highest BCUT2D eigenvalue weighted by atomic mass is 16.5. The van der Waals surface area contributed by atoms with Gasteiger partial charge in [-0.1, -0.05) is 24.3 Å². The third-order valence-electron chi connectivity index (χ3n) is 8.47. The second-order valence-corrected chi connectivity index (χ2v) is 10.8. The first-order valence-corrected chi connectivity index (χ1v) is 14.1. The summed E-state index contributed by atoms with van der Waals surface area (Å²) in [5.41, 5.74) is 6.75. The van der Waals surface area contributed by atoms with Crippen LogP contribution < -0.4 is 15.3 Å². The summed E-state index contributed by atoms with van der Waals surface area (Å²) >= 11 is 0. The largest absolute Gasteiger partial charge is 0.497 e. The van der Waals surface area contributed by atoms with Crippen molar-refractivity contribution in [2.75, 3.05) is 51.4 Å². The number of imidazole rings is 1. The number of ether oxygens (including phenoxy) is 2. The molecule has 0 aliphatic carbocycles. The summed E-state index contributed by atoms with van der Waals surface area (Å²) in [6.45, 7) is 8.96. The van der Waals surface area contributed by atoms with E-state index in [0.717, 1.165) is 70.9 Å². The quantitative estimate of drug-likeness (QED) is 0.396. The molecule has 6 rings (SSSR count). The molecule has 0 radical (unpaired) electrons. The fourth-order valence-corrected chi connectivity index (χ4v) is 6.47. The van der Waals surface area contributed by atoms with Gasteiger partial charge < -0.3 is 28.8 Å². The van der Waals surface area contributed by atoms with Crippen LogP contribution in [0.5, 0.6) is 5.75 Å². The predicted molar refractivity (Wildman–Crippen MR) is 156 cm³/mol. The van der Waals surface area contributed by atoms with E-state index >= 15 is 0 Å². The molecule has 40 heavy (non-hydrogen) atoms. The number of amides is 1. The number of morpholine rings is 1. The molecule has 2 aliphatic rings. The zero-order chi connectivity index (χ0) is 27.8. The predicted octanol–water partition coefficient (Wildman–Crippen LogP) is 4.12. The van der Waals surface area contributed by atoms with Crippen LogP contribution in [-0.2, 0) is 11.3 Å². The van der Waals surface area contributed by atoms with Gasteiger partial charge in [-0.3, -0.25) is 9.36 Å². The van der Waals surface area contributed by atoms with Crippen molar-refractivity contribution < 1.29 is 14.3 Å². The fraction of sp³-hybridized carbons (Fsp3) is 0.419. The lowest BCUT2D eigenvalue weighted by Crippen LogP contribution is -2.41. The Balaban J connectivity index is 1.30. The second-order valence-electron chi connectivity index (χ2n) is 10.8. The number of aromatic nitrogens is 3. The number of benzene rings is 2. The minimum atomic E-state index is -0.0836. The number of hydrogen-bond donors (Lipinski definition) is 1. The van der Waals surface area contributed by atoms with Gasteiger partial charge in [0.05, 0.1) is 37.0 Å². The Morgan fingerprint density at radius 3 is 2.52 bits per heavy atom. The molecule has 9 nitrogen and oxygen atoms in total. The zero-order valence-corrected chi connectivity index (χ0v) is 23.5. The molecular weight excluding hydrogens is 506 g/mol. The summed E-state index contributed by atoms with van der Waals surface area (Å²) in [4.78, 5) is 34.3. The summed E-state index contributed by atoms with van der Waals surface area (Å²) in [6, 6.07) is 15.9. The topological polar surface area (TPSA) is 84.7 Å². The third-order valence-corrected chi connectivity index (χ3v) is 8.47. The van der Waals surface area contributed by atoms with E-state index in [-0.39, 0.29) is 17.6 Å². The van der Waals surface area contributed by atoms with E-state index in [2.05, 4.69) is 34.4 Å². The van der Waals surface area contributed by atoms with E-state index in [1.165, 1.54) is 0 Å². The van der Waals surface area contributed by atoms with Gasteiger partial charge in [-0.25, -0.2) is 4.79 Å². The molecule has 1 N–H and O–H groups in total. The summed E-state index contributed by atoms with van der Waals surface area (Å²) in [6.07, 6.45) is 1.47. The van der Waals surface area contributed by atoms with Crippen LogP contribution in [0.25, 0.3) is 11.0 Å². The van der Waals surface area contributed by atoms with Crippen LogP contribution in [0.1, 0.15) is 46.2 Å². The van der Waals surface area contributed by atoms with Crippen molar-refractivity contribution >= 4 is 22.6 Å². The van der Waals surface area contributed by atoms with Gasteiger partial charge in [-0.05, 0) is 56.5 Å². The summed E-state index contributed by atoms with van der Waals surface area (Å²) in [5, 5.41) is 0. The van der Waals surface area contributed by atoms with Crippen molar-refractivity contribution in [1.82, 2.24) is 19.0 Å². The Labute approximate surface area is 233 Å². The highest BCUT2D eigenvalue weighted by Gasteiger charge is 2.32. The number of hydrogen-bond acceptors (Lipinski definition) is 5. The van der Waals surface area contributed by atoms with E-state index < -0.39 is 0 Å². The number of carbonyl (C=O) groups is 1. The van der Waals surface area contributed by atoms with Gasteiger partial charge in [0.1, 0.15) is 11.4 Å². The Morgan fingerprint density at radius 1 is 1.02 bits per heavy atom. The van der Waals surface area contributed by atoms with Crippen molar-refractivity contribution in [3.8, 4) is 5.75 Å². The van der Waals surface area contributed by atoms with Crippen LogP contribution in [-0.4, -0.2) is 71.4 Å². The number of para-hydroxylation sites is 2. The lowest BCUT2D eigenvalue weighted by atomic mass is 10.0. The van der Waals surface area contributed by atoms with Crippen LogP contribution >= 0.6 is 0 Å². The highest BCUT2D eigenvalue weighted by Crippen LogP contribution is 2.34. The molecule has 0 bridgehead atoms. The van der Waals surface area contributed by atoms with Crippen molar-refractivity contribution in [2.24, 2.45) is 0 Å². The first kappa shape index (κ1) is 26.3. The average Bonchev–Trinajstić information content (AvgIpc) is 3.45. The molecule has 0 atom stereocenters. The van der Waals surface area contributed by atoms with Crippen molar-refractivity contribution in [3.63, 3.8) is 0 Å². The van der Waals surface area contributed by atoms with Crippen LogP contribution in [0.3, 0.4) is 0 Å². The molecule has 0 unspecified atom stereocenters. The number of carbonyl (C=O) groups excluding carboxylic acids is 1. The fourth-order valence-electron chi connectivity index (χ4n) is 6.47. The number of rotatable bonds is 6. The van der Waals surface area contributed by atoms with Gasteiger partial charge >= 0.3 is 5.69 Å². The first-order valence-electron chi connectivity index (χ1n) is 14.1. The van der Waals surface area contributed by atoms with Gasteiger partial charge in [0, 0.05) is 50.0 Å². The Hall–Kier alpha value is -3.98. The van der Waals surface area contributed by atoms with Gasteiger partial charge in [-0.2, -0.15) is 0 Å². The van der Waals surface area contributed by atoms with E-state index in [1.54, 1.807) is 7.11 Å². The standard InChI is InChI=1S/C31H37N5O4/c1-21-28(33-15-17-40-18-16-33)22(2)35(20-23-7-6-8-25(19-23)39-3)29(21)30(37)34-13-11-24(12-14-34)36-27-10-5-4-9-26(27)32-31(36)38/h4-10,19,24H,11-18,20H2,1-3H3,(H,32,38). The number of H-pyrrole nitrogens is 1. The molecular formula is C31H37N5O4. The lowest BCUT2D eigenvalue weighted by Gasteiger charge is -2.33. The summed E-state index contributed by atoms with van der Waals surface area (Å²) in [7, 11) is 1.67. The molecule has 2 aromatic carbocycles. The molecule has 0 saturated carbocycles. The highest BCUT2D eigenvalue weighted by molar-refractivity contribution is 5.97. The number of methoxy groups -OCH3 is 1. The number of piperidine rings is 1. The molecule has 4 aromatic rings. The van der Waals surface area contributed by atoms with Gasteiger partial charge in [0.15, 0.2) is 0 Å². The van der Waals surface area contributed by atoms with Crippen molar-refractivity contribution in [2.45, 2.75) is 39.3 Å². The normalized spacial score (nSPS) is 16.6. The Bertz CT molecular complexity index is 1580. The van der Waals surface area contributed by atoms with Crippen molar-refractivity contribution in [3.05, 3.63) is 81.5 Å². The average molecular weight is 544 g/mol. The second kappa shape index (κ2) is 10.9. The molecule has 2 aromatic heterocycles. The molecule has 210 valence electrons. The van der Waals surface area contributed by atoms with E-state index in [1.807, 2.05) is 51.9 Å². The SMILES string of the molecule is COc1cccc(Cn2c(C)c(N3CCOCC3)c(C)c2C(=O)N2CCC(n3c(=O)[nH]c4ccccc43)CC2)c1. The number of aromatic amines is 1. The molecule has 1 amide bonds. The molecule has 4 heterocycles. The lowest BCUT2D eigenvalue weighted by molar-refractivity contribution is 0.0683. The number of anilines is 1. The number of nitrogens with one attached hydrogen (secondary N) is 1.